The highest BCUT2D eigenvalue weighted by molar-refractivity contribution is 7.15. The van der Waals surface area contributed by atoms with Crippen LogP contribution in [0.25, 0.3) is 10.4 Å². The van der Waals surface area contributed by atoms with Gasteiger partial charge in [0.2, 0.25) is 5.91 Å². The van der Waals surface area contributed by atoms with E-state index in [1.54, 1.807) is 28.4 Å². The van der Waals surface area contributed by atoms with Gasteiger partial charge in [-0.3, -0.25) is 4.79 Å². The Morgan fingerprint density at radius 3 is 2.75 bits per heavy atom. The summed E-state index contributed by atoms with van der Waals surface area (Å²) in [6.07, 6.45) is 0.936. The molecule has 3 rings (SSSR count). The van der Waals surface area contributed by atoms with Crippen molar-refractivity contribution in [1.82, 2.24) is 10.2 Å². The molecule has 6 heteroatoms. The Balaban J connectivity index is 1.45. The molecule has 0 aliphatic carbocycles. The molecule has 1 aliphatic heterocycles. The van der Waals surface area contributed by atoms with Crippen molar-refractivity contribution in [3.63, 3.8) is 0 Å². The number of aliphatic hydroxyl groups excluding tert-OH is 1. The molecule has 4 nitrogen and oxygen atoms in total. The first-order chi connectivity index (χ1) is 11.6. The van der Waals surface area contributed by atoms with Gasteiger partial charge in [-0.25, -0.2) is 4.39 Å². The van der Waals surface area contributed by atoms with Crippen molar-refractivity contribution in [2.45, 2.75) is 25.5 Å². The number of likely N-dealkylation sites (tertiary alicyclic amines) is 1. The van der Waals surface area contributed by atoms with Gasteiger partial charge in [0.05, 0.1) is 6.10 Å². The molecule has 1 aromatic heterocycles. The number of thiophene rings is 1. The van der Waals surface area contributed by atoms with E-state index >= 15 is 0 Å². The molecule has 2 N–H and O–H groups in total. The Labute approximate surface area is 144 Å². The Kier molecular flexibility index (Phi) is 5.60. The number of carbonyl (C=O) groups excluding carboxylic acids is 1. The molecule has 0 spiro atoms. The number of amides is 1. The molecule has 1 unspecified atom stereocenters. The molecule has 24 heavy (non-hydrogen) atoms. The van der Waals surface area contributed by atoms with Crippen LogP contribution >= 0.6 is 11.3 Å². The van der Waals surface area contributed by atoms with Crippen LogP contribution in [-0.2, 0) is 11.3 Å². The van der Waals surface area contributed by atoms with Crippen molar-refractivity contribution in [2.24, 2.45) is 0 Å². The van der Waals surface area contributed by atoms with Crippen molar-refractivity contribution in [1.29, 1.82) is 0 Å². The van der Waals surface area contributed by atoms with Crippen LogP contribution in [0.5, 0.6) is 0 Å². The number of benzene rings is 1. The van der Waals surface area contributed by atoms with Gasteiger partial charge >= 0.3 is 0 Å². The zero-order valence-corrected chi connectivity index (χ0v) is 14.2. The fourth-order valence-corrected chi connectivity index (χ4v) is 3.80. The van der Waals surface area contributed by atoms with Crippen LogP contribution in [0.15, 0.2) is 36.4 Å². The summed E-state index contributed by atoms with van der Waals surface area (Å²) >= 11 is 1.65. The normalized spacial score (nSPS) is 15.9. The minimum absolute atomic E-state index is 0.135. The molecule has 1 atom stereocenters. The van der Waals surface area contributed by atoms with Crippen molar-refractivity contribution in [3.05, 3.63) is 47.1 Å². The van der Waals surface area contributed by atoms with Crippen LogP contribution in [0, 0.1) is 5.82 Å². The molecule has 0 saturated carbocycles. The predicted octanol–water partition coefficient (Wildman–Crippen LogP) is 2.63. The Morgan fingerprint density at radius 2 is 2.04 bits per heavy atom. The van der Waals surface area contributed by atoms with Gasteiger partial charge in [-0.2, -0.15) is 0 Å². The second kappa shape index (κ2) is 7.88. The molecule has 1 aliphatic rings. The Morgan fingerprint density at radius 1 is 1.25 bits per heavy atom. The van der Waals surface area contributed by atoms with Gasteiger partial charge in [0, 0.05) is 42.4 Å². The van der Waals surface area contributed by atoms with E-state index in [-0.39, 0.29) is 11.7 Å². The summed E-state index contributed by atoms with van der Waals surface area (Å²) in [5.41, 5.74) is 1.00. The number of rotatable bonds is 7. The van der Waals surface area contributed by atoms with E-state index < -0.39 is 6.10 Å². The third-order valence-corrected chi connectivity index (χ3v) is 5.21. The number of hydrogen-bond acceptors (Lipinski definition) is 4. The van der Waals surface area contributed by atoms with E-state index in [4.69, 9.17) is 0 Å². The second-order valence-electron chi connectivity index (χ2n) is 6.00. The molecular weight excluding hydrogens is 327 g/mol. The van der Waals surface area contributed by atoms with Crippen molar-refractivity contribution in [3.8, 4) is 10.4 Å². The highest BCUT2D eigenvalue weighted by atomic mass is 32.1. The van der Waals surface area contributed by atoms with Gasteiger partial charge in [0.15, 0.2) is 0 Å². The Hall–Kier alpha value is -1.76. The summed E-state index contributed by atoms with van der Waals surface area (Å²) in [6.45, 7) is 2.27. The monoisotopic (exact) mass is 348 g/mol. The Bertz CT molecular complexity index is 687. The number of hydrogen-bond donors (Lipinski definition) is 2. The van der Waals surface area contributed by atoms with Gasteiger partial charge in [0.25, 0.3) is 0 Å². The summed E-state index contributed by atoms with van der Waals surface area (Å²) in [5.74, 6) is -0.0982. The molecule has 128 valence electrons. The molecular formula is C18H21FN2O2S. The molecule has 0 radical (unpaired) electrons. The average molecular weight is 348 g/mol. The summed E-state index contributed by atoms with van der Waals surface area (Å²) in [4.78, 5) is 15.5. The number of nitrogens with zero attached hydrogens (tertiary/aromatic N) is 1. The lowest BCUT2D eigenvalue weighted by Gasteiger charge is -2.20. The first-order valence-electron chi connectivity index (χ1n) is 8.13. The van der Waals surface area contributed by atoms with Crippen LogP contribution in [0.1, 0.15) is 17.7 Å². The van der Waals surface area contributed by atoms with E-state index in [2.05, 4.69) is 5.32 Å². The highest BCUT2D eigenvalue weighted by Gasteiger charge is 2.22. The highest BCUT2D eigenvalue weighted by Crippen LogP contribution is 2.28. The first-order valence-corrected chi connectivity index (χ1v) is 8.94. The van der Waals surface area contributed by atoms with E-state index in [1.165, 1.54) is 12.1 Å². The zero-order valence-electron chi connectivity index (χ0n) is 13.4. The van der Waals surface area contributed by atoms with E-state index in [0.717, 1.165) is 28.3 Å². The summed E-state index contributed by atoms with van der Waals surface area (Å²) in [6, 6.07) is 10.5. The zero-order chi connectivity index (χ0) is 16.9. The topological polar surface area (TPSA) is 52.6 Å². The van der Waals surface area contributed by atoms with Crippen molar-refractivity contribution in [2.75, 3.05) is 19.6 Å². The maximum Gasteiger partial charge on any atom is 0.222 e. The fraction of sp³-hybridized carbons (Fsp3) is 0.389. The molecule has 1 aromatic carbocycles. The van der Waals surface area contributed by atoms with Gasteiger partial charge in [-0.15, -0.1) is 11.3 Å². The predicted molar refractivity (Wildman–Crippen MR) is 93.2 cm³/mol. The van der Waals surface area contributed by atoms with Crippen LogP contribution in [0.2, 0.25) is 0 Å². The lowest BCUT2D eigenvalue weighted by Crippen LogP contribution is -2.38. The quantitative estimate of drug-likeness (QED) is 0.809. The maximum atomic E-state index is 13.0. The SMILES string of the molecule is O=C1CCCN1CC(O)CNCc1ccc(-c2ccc(F)cc2)s1. The first kappa shape index (κ1) is 17.1. The number of nitrogens with one attached hydrogen (secondary N) is 1. The number of β-amino-alcohol motifs (C(OH)–C–C–N with tert-alkyl or cyclic N) is 1. The summed E-state index contributed by atoms with van der Waals surface area (Å²) in [7, 11) is 0. The standard InChI is InChI=1S/C18H21FN2O2S/c19-14-5-3-13(4-6-14)17-8-7-16(24-17)11-20-10-15(22)12-21-9-1-2-18(21)23/h3-8,15,20,22H,1-2,9-12H2. The third-order valence-electron chi connectivity index (χ3n) is 4.07. The molecule has 1 saturated heterocycles. The minimum Gasteiger partial charge on any atom is -0.390 e. The minimum atomic E-state index is -0.552. The summed E-state index contributed by atoms with van der Waals surface area (Å²) < 4.78 is 13.0. The van der Waals surface area contributed by atoms with Gasteiger partial charge in [-0.1, -0.05) is 12.1 Å². The lowest BCUT2D eigenvalue weighted by atomic mass is 10.2. The van der Waals surface area contributed by atoms with E-state index in [1.807, 2.05) is 12.1 Å². The second-order valence-corrected chi connectivity index (χ2v) is 7.17. The van der Waals surface area contributed by atoms with Crippen LogP contribution in [0.3, 0.4) is 0 Å². The average Bonchev–Trinajstić information content (AvgIpc) is 3.18. The molecule has 1 amide bonds. The summed E-state index contributed by atoms with van der Waals surface area (Å²) in [5, 5.41) is 13.3. The number of carbonyl (C=O) groups is 1. The number of aliphatic hydroxyl groups is 1. The van der Waals surface area contributed by atoms with Crippen LogP contribution in [-0.4, -0.2) is 41.7 Å². The van der Waals surface area contributed by atoms with Gasteiger partial charge in [-0.05, 0) is 36.2 Å². The van der Waals surface area contributed by atoms with Crippen LogP contribution in [0.4, 0.5) is 4.39 Å². The largest absolute Gasteiger partial charge is 0.390 e. The fourth-order valence-electron chi connectivity index (χ4n) is 2.82. The van der Waals surface area contributed by atoms with Crippen molar-refractivity contribution < 1.29 is 14.3 Å². The van der Waals surface area contributed by atoms with E-state index in [9.17, 15) is 14.3 Å². The molecule has 0 bridgehead atoms. The molecule has 2 heterocycles. The van der Waals surface area contributed by atoms with E-state index in [0.29, 0.717) is 26.1 Å². The van der Waals surface area contributed by atoms with Crippen LogP contribution < -0.4 is 5.32 Å². The molecule has 2 aromatic rings. The smallest absolute Gasteiger partial charge is 0.222 e. The van der Waals surface area contributed by atoms with Gasteiger partial charge < -0.3 is 15.3 Å². The third kappa shape index (κ3) is 4.41. The van der Waals surface area contributed by atoms with Gasteiger partial charge in [0.1, 0.15) is 5.82 Å². The van der Waals surface area contributed by atoms with Crippen molar-refractivity contribution >= 4 is 17.2 Å². The molecule has 1 fully saturated rings. The number of halogens is 1. The lowest BCUT2D eigenvalue weighted by molar-refractivity contribution is -0.128. The maximum absolute atomic E-state index is 13.0.